The number of rotatable bonds is 15. The molecule has 0 unspecified atom stereocenters. The first-order chi connectivity index (χ1) is 12.8. The van der Waals surface area contributed by atoms with E-state index in [0.29, 0.717) is 53.8 Å². The minimum Gasteiger partial charge on any atom is -0.330 e. The Hall–Kier alpha value is -1.75. The summed E-state index contributed by atoms with van der Waals surface area (Å²) in [5.41, 5.74) is 5.37. The van der Waals surface area contributed by atoms with Gasteiger partial charge in [-0.25, -0.2) is 15.2 Å². The Bertz CT molecular complexity index is 449. The van der Waals surface area contributed by atoms with Crippen LogP contribution in [0.5, 0.6) is 0 Å². The fourth-order valence-electron chi connectivity index (χ4n) is 2.32. The fraction of sp³-hybridized carbons (Fsp3) is 0.824. The maximum absolute atomic E-state index is 11.7. The molecule has 10 heteroatoms. The van der Waals surface area contributed by atoms with Crippen molar-refractivity contribution in [1.29, 1.82) is 0 Å². The van der Waals surface area contributed by atoms with Crippen LogP contribution in [0.4, 0.5) is 0 Å². The number of nitrogens with two attached hydrogens (primary N) is 1. The zero-order valence-corrected chi connectivity index (χ0v) is 16.2. The largest absolute Gasteiger partial charge is 0.330 e. The lowest BCUT2D eigenvalue weighted by Crippen LogP contribution is -2.30. The molecule has 0 fully saturated rings. The van der Waals surface area contributed by atoms with E-state index < -0.39 is 11.8 Å². The Balaban J connectivity index is 3.76. The molecule has 0 radical (unpaired) electrons. The maximum atomic E-state index is 11.7. The van der Waals surface area contributed by atoms with Gasteiger partial charge in [0.15, 0.2) is 0 Å². The van der Waals surface area contributed by atoms with Gasteiger partial charge in [0.2, 0.25) is 17.7 Å². The molecular weight excluding hydrogens is 356 g/mol. The van der Waals surface area contributed by atoms with Crippen molar-refractivity contribution in [2.75, 3.05) is 26.2 Å². The van der Waals surface area contributed by atoms with Crippen LogP contribution in [0.15, 0.2) is 0 Å². The number of amides is 3. The highest BCUT2D eigenvalue weighted by Crippen LogP contribution is 2.05. The van der Waals surface area contributed by atoms with Crippen LogP contribution < -0.4 is 5.73 Å². The van der Waals surface area contributed by atoms with Gasteiger partial charge >= 0.3 is 0 Å². The minimum absolute atomic E-state index is 0.105. The van der Waals surface area contributed by atoms with Crippen molar-refractivity contribution in [3.63, 3.8) is 0 Å². The van der Waals surface area contributed by atoms with E-state index in [1.807, 2.05) is 0 Å². The second kappa shape index (κ2) is 15.3. The Labute approximate surface area is 160 Å². The molecule has 0 aliphatic heterocycles. The van der Waals surface area contributed by atoms with Gasteiger partial charge in [-0.3, -0.25) is 30.0 Å². The van der Waals surface area contributed by atoms with Gasteiger partial charge in [0, 0.05) is 39.4 Å². The van der Waals surface area contributed by atoms with E-state index in [1.165, 1.54) is 6.92 Å². The summed E-state index contributed by atoms with van der Waals surface area (Å²) in [4.78, 5) is 34.3. The molecule has 0 aromatic heterocycles. The van der Waals surface area contributed by atoms with E-state index in [0.717, 1.165) is 12.8 Å². The average Bonchev–Trinajstić information content (AvgIpc) is 2.64. The summed E-state index contributed by atoms with van der Waals surface area (Å²) in [6.07, 6.45) is 4.42. The molecule has 0 aliphatic rings. The summed E-state index contributed by atoms with van der Waals surface area (Å²) in [6, 6.07) is 0. The van der Waals surface area contributed by atoms with Crippen LogP contribution in [-0.4, -0.2) is 74.7 Å². The number of hydroxylamine groups is 6. The van der Waals surface area contributed by atoms with Crippen LogP contribution in [0, 0.1) is 0 Å². The quantitative estimate of drug-likeness (QED) is 0.186. The maximum Gasteiger partial charge on any atom is 0.245 e. The van der Waals surface area contributed by atoms with Crippen LogP contribution in [0.2, 0.25) is 0 Å². The summed E-state index contributed by atoms with van der Waals surface area (Å²) in [5, 5.41) is 30.4. The summed E-state index contributed by atoms with van der Waals surface area (Å²) in [7, 11) is 0. The van der Waals surface area contributed by atoms with Gasteiger partial charge in [-0.15, -0.1) is 0 Å². The molecule has 0 aliphatic carbocycles. The number of carbonyl (C=O) groups excluding carboxylic acids is 3. The molecule has 0 rings (SSSR count). The Morgan fingerprint density at radius 2 is 1.07 bits per heavy atom. The smallest absolute Gasteiger partial charge is 0.245 e. The standard InChI is InChI=1S/C17H34N4O6/c1-15(22)19(25)12-7-3-9-17(24)21(27)14-8-4-10-16(23)20(26)13-6-2-5-11-18/h25-27H,2-14,18H2,1H3. The summed E-state index contributed by atoms with van der Waals surface area (Å²) < 4.78 is 0. The lowest BCUT2D eigenvalue weighted by Gasteiger charge is -2.17. The summed E-state index contributed by atoms with van der Waals surface area (Å²) in [5.74, 6) is -1.29. The number of unbranched alkanes of at least 4 members (excludes halogenated alkanes) is 4. The molecule has 0 spiro atoms. The zero-order valence-electron chi connectivity index (χ0n) is 16.2. The predicted octanol–water partition coefficient (Wildman–Crippen LogP) is 1.13. The van der Waals surface area contributed by atoms with E-state index in [4.69, 9.17) is 5.73 Å². The van der Waals surface area contributed by atoms with Crippen molar-refractivity contribution in [2.24, 2.45) is 5.73 Å². The zero-order chi connectivity index (χ0) is 20.7. The van der Waals surface area contributed by atoms with Gasteiger partial charge < -0.3 is 5.73 Å². The molecule has 158 valence electrons. The number of nitrogens with zero attached hydrogens (tertiary/aromatic N) is 3. The monoisotopic (exact) mass is 390 g/mol. The van der Waals surface area contributed by atoms with E-state index in [-0.39, 0.29) is 38.4 Å². The Morgan fingerprint density at radius 1 is 0.667 bits per heavy atom. The van der Waals surface area contributed by atoms with Crippen LogP contribution >= 0.6 is 0 Å². The molecule has 27 heavy (non-hydrogen) atoms. The van der Waals surface area contributed by atoms with Crippen LogP contribution in [-0.2, 0) is 14.4 Å². The molecule has 0 saturated carbocycles. The number of carbonyl (C=O) groups is 3. The van der Waals surface area contributed by atoms with Crippen molar-refractivity contribution >= 4 is 17.7 Å². The Morgan fingerprint density at radius 3 is 1.48 bits per heavy atom. The molecule has 0 saturated heterocycles. The first-order valence-electron chi connectivity index (χ1n) is 9.45. The highest BCUT2D eigenvalue weighted by molar-refractivity contribution is 5.75. The van der Waals surface area contributed by atoms with Crippen LogP contribution in [0.3, 0.4) is 0 Å². The molecule has 3 amide bonds. The highest BCUT2D eigenvalue weighted by atomic mass is 16.5. The molecule has 5 N–H and O–H groups in total. The minimum atomic E-state index is -0.461. The van der Waals surface area contributed by atoms with Crippen molar-refractivity contribution in [1.82, 2.24) is 15.2 Å². The molecule has 0 aromatic carbocycles. The number of hydrogen-bond donors (Lipinski definition) is 4. The topological polar surface area (TPSA) is 148 Å². The van der Waals surface area contributed by atoms with Crippen LogP contribution in [0.1, 0.15) is 64.7 Å². The van der Waals surface area contributed by atoms with Crippen molar-refractivity contribution < 1.29 is 30.0 Å². The van der Waals surface area contributed by atoms with E-state index in [1.54, 1.807) is 0 Å². The lowest BCUT2D eigenvalue weighted by atomic mass is 10.2. The van der Waals surface area contributed by atoms with Crippen LogP contribution in [0.25, 0.3) is 0 Å². The van der Waals surface area contributed by atoms with Gasteiger partial charge in [0.1, 0.15) is 0 Å². The lowest BCUT2D eigenvalue weighted by molar-refractivity contribution is -0.167. The third-order valence-electron chi connectivity index (χ3n) is 4.03. The summed E-state index contributed by atoms with van der Waals surface area (Å²) >= 11 is 0. The van der Waals surface area contributed by atoms with E-state index in [9.17, 15) is 30.0 Å². The van der Waals surface area contributed by atoms with Crippen molar-refractivity contribution in [3.05, 3.63) is 0 Å². The molecule has 0 aromatic rings. The Kier molecular flexibility index (Phi) is 14.3. The third-order valence-corrected chi connectivity index (χ3v) is 4.03. The van der Waals surface area contributed by atoms with Gasteiger partial charge in [-0.2, -0.15) is 0 Å². The van der Waals surface area contributed by atoms with Crippen molar-refractivity contribution in [3.8, 4) is 0 Å². The first kappa shape index (κ1) is 25.2. The fourth-order valence-corrected chi connectivity index (χ4v) is 2.32. The number of hydrogen-bond acceptors (Lipinski definition) is 7. The van der Waals surface area contributed by atoms with E-state index in [2.05, 4.69) is 0 Å². The van der Waals surface area contributed by atoms with Gasteiger partial charge in [-0.05, 0) is 45.1 Å². The second-order valence-corrected chi connectivity index (χ2v) is 6.44. The summed E-state index contributed by atoms with van der Waals surface area (Å²) in [6.45, 7) is 2.35. The van der Waals surface area contributed by atoms with E-state index >= 15 is 0 Å². The predicted molar refractivity (Wildman–Crippen MR) is 96.8 cm³/mol. The molecule has 10 nitrogen and oxygen atoms in total. The molecular formula is C17H34N4O6. The highest BCUT2D eigenvalue weighted by Gasteiger charge is 2.13. The molecule has 0 atom stereocenters. The van der Waals surface area contributed by atoms with Gasteiger partial charge in [-0.1, -0.05) is 6.42 Å². The first-order valence-corrected chi connectivity index (χ1v) is 9.45. The van der Waals surface area contributed by atoms with Crippen molar-refractivity contribution in [2.45, 2.75) is 64.7 Å². The molecule has 0 bridgehead atoms. The molecule has 0 heterocycles. The van der Waals surface area contributed by atoms with Gasteiger partial charge in [0.25, 0.3) is 0 Å². The average molecular weight is 390 g/mol. The second-order valence-electron chi connectivity index (χ2n) is 6.44. The normalized spacial score (nSPS) is 10.6. The third kappa shape index (κ3) is 13.1. The SMILES string of the molecule is CC(=O)N(O)CCCCC(=O)N(O)CCCCC(=O)N(O)CCCCCN. The van der Waals surface area contributed by atoms with Gasteiger partial charge in [0.05, 0.1) is 0 Å².